The molecule has 1 atom stereocenters. The van der Waals surface area contributed by atoms with Crippen LogP contribution in [-0.2, 0) is 0 Å². The fourth-order valence-corrected chi connectivity index (χ4v) is 0.935. The largest absolute Gasteiger partial charge is 0.438 e. The molecule has 0 amide bonds. The van der Waals surface area contributed by atoms with Gasteiger partial charge in [0.1, 0.15) is 0 Å². The van der Waals surface area contributed by atoms with Crippen LogP contribution in [0.1, 0.15) is 17.5 Å². The lowest BCUT2D eigenvalue weighted by Crippen LogP contribution is -2.31. The van der Waals surface area contributed by atoms with E-state index in [0.29, 0.717) is 17.9 Å². The van der Waals surface area contributed by atoms with E-state index < -0.39 is 0 Å². The molecule has 1 rings (SSSR count). The molecule has 4 heteroatoms. The Morgan fingerprint density at radius 2 is 2.38 bits per heavy atom. The number of nitrogens with zero attached hydrogens (tertiary/aromatic N) is 1. The van der Waals surface area contributed by atoms with Gasteiger partial charge in [0.2, 0.25) is 0 Å². The van der Waals surface area contributed by atoms with E-state index in [4.69, 9.17) is 9.52 Å². The highest BCUT2D eigenvalue weighted by atomic mass is 16.4. The maximum absolute atomic E-state index is 10.3. The summed E-state index contributed by atoms with van der Waals surface area (Å²) in [6.45, 7) is 1.91. The Labute approximate surface area is 76.8 Å². The minimum Gasteiger partial charge on any atom is -0.438 e. The number of carbonyl (C=O) groups is 1. The predicted molar refractivity (Wildman–Crippen MR) is 49.0 cm³/mol. The summed E-state index contributed by atoms with van der Waals surface area (Å²) in [4.78, 5) is 12.1. The Kier molecular flexibility index (Phi) is 3.08. The molecular weight excluding hydrogens is 170 g/mol. The van der Waals surface area contributed by atoms with E-state index in [-0.39, 0.29) is 12.6 Å². The second kappa shape index (κ2) is 4.09. The maximum atomic E-state index is 10.3. The number of hydrogen-bond donors (Lipinski definition) is 1. The first-order chi connectivity index (χ1) is 6.19. The summed E-state index contributed by atoms with van der Waals surface area (Å²) in [6.07, 6.45) is 0.654. The number of aliphatic hydroxyl groups excluding tert-OH is 1. The molecule has 13 heavy (non-hydrogen) atoms. The van der Waals surface area contributed by atoms with Crippen molar-refractivity contribution in [2.24, 2.45) is 0 Å². The van der Waals surface area contributed by atoms with Crippen molar-refractivity contribution >= 4 is 12.2 Å². The van der Waals surface area contributed by atoms with E-state index in [9.17, 15) is 4.79 Å². The molecule has 0 saturated heterocycles. The summed E-state index contributed by atoms with van der Waals surface area (Å²) in [5, 5.41) is 8.88. The lowest BCUT2D eigenvalue weighted by molar-refractivity contribution is 0.110. The number of anilines is 1. The summed E-state index contributed by atoms with van der Waals surface area (Å²) in [7, 11) is 1.80. The summed E-state index contributed by atoms with van der Waals surface area (Å²) in [5.74, 6) is 0.885. The van der Waals surface area contributed by atoms with Crippen molar-refractivity contribution in [2.75, 3.05) is 18.6 Å². The molecule has 0 saturated carbocycles. The zero-order valence-electron chi connectivity index (χ0n) is 7.73. The molecule has 0 radical (unpaired) electrons. The third kappa shape index (κ3) is 2.09. The molecule has 0 aromatic carbocycles. The molecule has 1 unspecified atom stereocenters. The van der Waals surface area contributed by atoms with Gasteiger partial charge in [0.05, 0.1) is 12.6 Å². The van der Waals surface area contributed by atoms with Crippen molar-refractivity contribution in [3.8, 4) is 0 Å². The van der Waals surface area contributed by atoms with Crippen LogP contribution in [0.4, 0.5) is 5.88 Å². The van der Waals surface area contributed by atoms with E-state index in [0.717, 1.165) is 0 Å². The summed E-state index contributed by atoms with van der Waals surface area (Å²) < 4.78 is 5.16. The Bertz CT molecular complexity index is 282. The molecule has 1 heterocycles. The highest BCUT2D eigenvalue weighted by Gasteiger charge is 2.11. The van der Waals surface area contributed by atoms with Crippen molar-refractivity contribution in [3.05, 3.63) is 17.9 Å². The average molecular weight is 183 g/mol. The molecule has 0 aliphatic rings. The van der Waals surface area contributed by atoms with Gasteiger partial charge in [-0.15, -0.1) is 0 Å². The SMILES string of the molecule is CC(CO)N(C)c1ccc(C=O)o1. The minimum absolute atomic E-state index is 0.0225. The fraction of sp³-hybridized carbons (Fsp3) is 0.444. The van der Waals surface area contributed by atoms with Crippen LogP contribution >= 0.6 is 0 Å². The first-order valence-electron chi connectivity index (χ1n) is 4.07. The maximum Gasteiger partial charge on any atom is 0.196 e. The number of hydrogen-bond acceptors (Lipinski definition) is 4. The molecule has 1 N–H and O–H groups in total. The molecule has 1 aromatic rings. The van der Waals surface area contributed by atoms with Crippen molar-refractivity contribution in [1.29, 1.82) is 0 Å². The number of carbonyl (C=O) groups excluding carboxylic acids is 1. The molecule has 1 aromatic heterocycles. The lowest BCUT2D eigenvalue weighted by atomic mass is 10.3. The Balaban J connectivity index is 2.76. The van der Waals surface area contributed by atoms with Gasteiger partial charge >= 0.3 is 0 Å². The van der Waals surface area contributed by atoms with Gasteiger partial charge in [-0.2, -0.15) is 0 Å². The monoisotopic (exact) mass is 183 g/mol. The van der Waals surface area contributed by atoms with Gasteiger partial charge in [-0.05, 0) is 13.0 Å². The smallest absolute Gasteiger partial charge is 0.196 e. The van der Waals surface area contributed by atoms with E-state index in [1.165, 1.54) is 0 Å². The number of furan rings is 1. The van der Waals surface area contributed by atoms with Crippen LogP contribution in [0.5, 0.6) is 0 Å². The van der Waals surface area contributed by atoms with Gasteiger partial charge in [0, 0.05) is 13.1 Å². The van der Waals surface area contributed by atoms with Crippen LogP contribution in [0.2, 0.25) is 0 Å². The normalized spacial score (nSPS) is 12.5. The van der Waals surface area contributed by atoms with Crippen LogP contribution < -0.4 is 4.90 Å². The second-order valence-electron chi connectivity index (χ2n) is 2.94. The van der Waals surface area contributed by atoms with Gasteiger partial charge in [0.25, 0.3) is 0 Å². The van der Waals surface area contributed by atoms with Gasteiger partial charge in [0.15, 0.2) is 17.9 Å². The molecule has 0 spiro atoms. The van der Waals surface area contributed by atoms with Crippen molar-refractivity contribution in [2.45, 2.75) is 13.0 Å². The van der Waals surface area contributed by atoms with Crippen molar-refractivity contribution < 1.29 is 14.3 Å². The van der Waals surface area contributed by atoms with E-state index in [1.807, 2.05) is 6.92 Å². The molecule has 0 aliphatic heterocycles. The molecule has 0 aliphatic carbocycles. The van der Waals surface area contributed by atoms with E-state index in [2.05, 4.69) is 0 Å². The Morgan fingerprint density at radius 1 is 1.69 bits per heavy atom. The molecule has 4 nitrogen and oxygen atoms in total. The van der Waals surface area contributed by atoms with E-state index >= 15 is 0 Å². The van der Waals surface area contributed by atoms with Crippen molar-refractivity contribution in [1.82, 2.24) is 0 Å². The van der Waals surface area contributed by atoms with Crippen LogP contribution in [-0.4, -0.2) is 31.1 Å². The van der Waals surface area contributed by atoms with Gasteiger partial charge in [-0.1, -0.05) is 0 Å². The topological polar surface area (TPSA) is 53.7 Å². The zero-order valence-corrected chi connectivity index (χ0v) is 7.73. The average Bonchev–Trinajstić information content (AvgIpc) is 2.63. The van der Waals surface area contributed by atoms with Crippen LogP contribution in [0, 0.1) is 0 Å². The predicted octanol–water partition coefficient (Wildman–Crippen LogP) is 0.909. The quantitative estimate of drug-likeness (QED) is 0.705. The number of rotatable bonds is 4. The molecule has 0 fully saturated rings. The molecule has 0 bridgehead atoms. The van der Waals surface area contributed by atoms with Crippen LogP contribution in [0.3, 0.4) is 0 Å². The first-order valence-corrected chi connectivity index (χ1v) is 4.07. The van der Waals surface area contributed by atoms with E-state index in [1.54, 1.807) is 24.1 Å². The summed E-state index contributed by atoms with van der Waals surface area (Å²) in [6, 6.07) is 3.28. The van der Waals surface area contributed by atoms with Gasteiger partial charge in [-0.25, -0.2) is 0 Å². The Morgan fingerprint density at radius 3 is 2.85 bits per heavy atom. The standard InChI is InChI=1S/C9H13NO3/c1-7(5-11)10(2)9-4-3-8(6-12)13-9/h3-4,6-7,11H,5H2,1-2H3. The highest BCUT2D eigenvalue weighted by molar-refractivity contribution is 5.71. The van der Waals surface area contributed by atoms with Crippen LogP contribution in [0.15, 0.2) is 16.5 Å². The van der Waals surface area contributed by atoms with Gasteiger partial charge in [-0.3, -0.25) is 4.79 Å². The second-order valence-corrected chi connectivity index (χ2v) is 2.94. The van der Waals surface area contributed by atoms with Crippen molar-refractivity contribution in [3.63, 3.8) is 0 Å². The first kappa shape index (κ1) is 9.80. The zero-order chi connectivity index (χ0) is 9.84. The number of aliphatic hydroxyl groups is 1. The van der Waals surface area contributed by atoms with Crippen LogP contribution in [0.25, 0.3) is 0 Å². The highest BCUT2D eigenvalue weighted by Crippen LogP contribution is 2.17. The molecular formula is C9H13NO3. The third-order valence-corrected chi connectivity index (χ3v) is 2.00. The summed E-state index contributed by atoms with van der Waals surface area (Å²) >= 11 is 0. The number of aldehydes is 1. The summed E-state index contributed by atoms with van der Waals surface area (Å²) in [5.41, 5.74) is 0. The Hall–Kier alpha value is -1.29. The lowest BCUT2D eigenvalue weighted by Gasteiger charge is -2.21. The molecule has 72 valence electrons. The van der Waals surface area contributed by atoms with Gasteiger partial charge < -0.3 is 14.4 Å². The minimum atomic E-state index is -0.0225. The fourth-order valence-electron chi connectivity index (χ4n) is 0.935. The number of likely N-dealkylation sites (N-methyl/N-ethyl adjacent to an activating group) is 1. The third-order valence-electron chi connectivity index (χ3n) is 2.00.